The predicted molar refractivity (Wildman–Crippen MR) is 159 cm³/mol. The molecular formula is C34H37N3O4. The normalized spacial score (nSPS) is 15.4. The molecule has 0 saturated carbocycles. The molecule has 2 amide bonds. The van der Waals surface area contributed by atoms with Gasteiger partial charge in [0.15, 0.2) is 0 Å². The van der Waals surface area contributed by atoms with E-state index in [4.69, 9.17) is 14.7 Å². The standard InChI is InChI=1S/C34H37N3O4/c1-34(2,3)41-33(39)36-22-23-37(29(25-36)24-26-12-5-4-6-13-26)32(38)20-19-28-15-8-10-18-31(28)40-30-17-9-7-14-27(30)16-11-21-35/h4-18,29H,19-20,22-25H2,1-3H3. The number of nitriles is 1. The molecule has 1 fully saturated rings. The summed E-state index contributed by atoms with van der Waals surface area (Å²) in [5, 5.41) is 8.93. The largest absolute Gasteiger partial charge is 0.456 e. The van der Waals surface area contributed by atoms with Crippen molar-refractivity contribution in [3.8, 4) is 17.6 Å². The number of allylic oxidation sites excluding steroid dienone is 1. The summed E-state index contributed by atoms with van der Waals surface area (Å²) in [6.45, 7) is 6.87. The molecule has 212 valence electrons. The summed E-state index contributed by atoms with van der Waals surface area (Å²) in [5.74, 6) is 1.36. The number of ether oxygens (including phenoxy) is 2. The van der Waals surface area contributed by atoms with Crippen molar-refractivity contribution in [3.05, 3.63) is 102 Å². The fourth-order valence-electron chi connectivity index (χ4n) is 4.89. The average molecular weight is 552 g/mol. The number of piperazine rings is 1. The second kappa shape index (κ2) is 13.7. The summed E-state index contributed by atoms with van der Waals surface area (Å²) in [6, 6.07) is 27.1. The number of carbonyl (C=O) groups excluding carboxylic acids is 2. The molecule has 0 bridgehead atoms. The van der Waals surface area contributed by atoms with Gasteiger partial charge in [-0.1, -0.05) is 66.7 Å². The van der Waals surface area contributed by atoms with Crippen LogP contribution in [0, 0.1) is 11.3 Å². The summed E-state index contributed by atoms with van der Waals surface area (Å²) in [5.41, 5.74) is 2.25. The molecule has 0 aromatic heterocycles. The zero-order valence-electron chi connectivity index (χ0n) is 24.0. The molecule has 0 aliphatic carbocycles. The first kappa shape index (κ1) is 29.4. The minimum absolute atomic E-state index is 0.0435. The Morgan fingerprint density at radius 2 is 1.63 bits per heavy atom. The number of aryl methyl sites for hydroxylation is 1. The van der Waals surface area contributed by atoms with Crippen molar-refractivity contribution in [2.45, 2.75) is 51.7 Å². The minimum atomic E-state index is -0.582. The van der Waals surface area contributed by atoms with Crippen molar-refractivity contribution < 1.29 is 19.1 Å². The smallest absolute Gasteiger partial charge is 0.410 e. The fourth-order valence-corrected chi connectivity index (χ4v) is 4.89. The summed E-state index contributed by atoms with van der Waals surface area (Å²) in [6.07, 6.45) is 4.26. The molecule has 0 spiro atoms. The summed E-state index contributed by atoms with van der Waals surface area (Å²) >= 11 is 0. The number of hydrogen-bond acceptors (Lipinski definition) is 5. The lowest BCUT2D eigenvalue weighted by Gasteiger charge is -2.42. The van der Waals surface area contributed by atoms with E-state index in [1.807, 2.05) is 111 Å². The lowest BCUT2D eigenvalue weighted by atomic mass is 10.0. The first-order chi connectivity index (χ1) is 19.7. The molecule has 1 aliphatic rings. The molecule has 7 heteroatoms. The van der Waals surface area contributed by atoms with E-state index in [1.165, 1.54) is 6.08 Å². The quantitative estimate of drug-likeness (QED) is 0.293. The van der Waals surface area contributed by atoms with E-state index in [2.05, 4.69) is 0 Å². The fraction of sp³-hybridized carbons (Fsp3) is 0.324. The van der Waals surface area contributed by atoms with Gasteiger partial charge >= 0.3 is 6.09 Å². The molecule has 0 radical (unpaired) electrons. The summed E-state index contributed by atoms with van der Waals surface area (Å²) in [4.78, 5) is 30.1. The van der Waals surface area contributed by atoms with Crippen molar-refractivity contribution in [2.24, 2.45) is 0 Å². The van der Waals surface area contributed by atoms with Crippen molar-refractivity contribution in [3.63, 3.8) is 0 Å². The highest BCUT2D eigenvalue weighted by Crippen LogP contribution is 2.30. The third-order valence-corrected chi connectivity index (χ3v) is 6.83. The first-order valence-corrected chi connectivity index (χ1v) is 14.0. The van der Waals surface area contributed by atoms with E-state index in [9.17, 15) is 9.59 Å². The van der Waals surface area contributed by atoms with Crippen molar-refractivity contribution in [1.29, 1.82) is 5.26 Å². The van der Waals surface area contributed by atoms with Crippen LogP contribution in [0.5, 0.6) is 11.5 Å². The Bertz CT molecular complexity index is 1410. The highest BCUT2D eigenvalue weighted by molar-refractivity contribution is 5.78. The molecule has 4 rings (SSSR count). The Labute approximate surface area is 242 Å². The Kier molecular flexibility index (Phi) is 9.81. The van der Waals surface area contributed by atoms with Gasteiger partial charge in [-0.2, -0.15) is 5.26 Å². The van der Waals surface area contributed by atoms with Gasteiger partial charge in [-0.3, -0.25) is 4.79 Å². The van der Waals surface area contributed by atoms with Crippen LogP contribution in [-0.4, -0.2) is 53.1 Å². The molecule has 3 aromatic carbocycles. The van der Waals surface area contributed by atoms with Gasteiger partial charge in [0.05, 0.1) is 12.1 Å². The second-order valence-electron chi connectivity index (χ2n) is 11.1. The van der Waals surface area contributed by atoms with Crippen LogP contribution in [-0.2, 0) is 22.4 Å². The topological polar surface area (TPSA) is 82.9 Å². The van der Waals surface area contributed by atoms with Crippen molar-refractivity contribution >= 4 is 18.1 Å². The van der Waals surface area contributed by atoms with Crippen LogP contribution in [0.3, 0.4) is 0 Å². The molecule has 41 heavy (non-hydrogen) atoms. The number of carbonyl (C=O) groups is 2. The van der Waals surface area contributed by atoms with E-state index in [1.54, 1.807) is 11.0 Å². The third-order valence-electron chi connectivity index (χ3n) is 6.83. The molecule has 0 N–H and O–H groups in total. The third kappa shape index (κ3) is 8.46. The number of benzene rings is 3. The van der Waals surface area contributed by atoms with Gasteiger partial charge < -0.3 is 19.3 Å². The monoisotopic (exact) mass is 551 g/mol. The number of nitrogens with zero attached hydrogens (tertiary/aromatic N) is 3. The number of para-hydroxylation sites is 2. The van der Waals surface area contributed by atoms with Gasteiger partial charge in [0.2, 0.25) is 5.91 Å². The van der Waals surface area contributed by atoms with Gasteiger partial charge in [-0.15, -0.1) is 0 Å². The molecule has 3 aromatic rings. The van der Waals surface area contributed by atoms with Crippen LogP contribution in [0.2, 0.25) is 0 Å². The maximum Gasteiger partial charge on any atom is 0.410 e. The van der Waals surface area contributed by atoms with Crippen LogP contribution in [0.25, 0.3) is 6.08 Å². The van der Waals surface area contributed by atoms with Crippen LogP contribution < -0.4 is 4.74 Å². The Morgan fingerprint density at radius 1 is 0.951 bits per heavy atom. The van der Waals surface area contributed by atoms with Gasteiger partial charge in [-0.05, 0) is 62.9 Å². The molecule has 1 atom stereocenters. The highest BCUT2D eigenvalue weighted by atomic mass is 16.6. The number of hydrogen-bond donors (Lipinski definition) is 0. The van der Waals surface area contributed by atoms with Crippen LogP contribution in [0.1, 0.15) is 43.9 Å². The second-order valence-corrected chi connectivity index (χ2v) is 11.1. The van der Waals surface area contributed by atoms with E-state index in [0.717, 1.165) is 16.7 Å². The molecule has 1 saturated heterocycles. The Morgan fingerprint density at radius 3 is 2.37 bits per heavy atom. The van der Waals surface area contributed by atoms with E-state index in [-0.39, 0.29) is 18.0 Å². The van der Waals surface area contributed by atoms with Crippen LogP contribution >= 0.6 is 0 Å². The summed E-state index contributed by atoms with van der Waals surface area (Å²) in [7, 11) is 0. The van der Waals surface area contributed by atoms with Gasteiger partial charge in [0, 0.05) is 37.7 Å². The van der Waals surface area contributed by atoms with Gasteiger partial charge in [-0.25, -0.2) is 4.79 Å². The zero-order chi connectivity index (χ0) is 29.2. The van der Waals surface area contributed by atoms with E-state index < -0.39 is 5.60 Å². The number of rotatable bonds is 8. The van der Waals surface area contributed by atoms with Crippen LogP contribution in [0.4, 0.5) is 4.79 Å². The van der Waals surface area contributed by atoms with Crippen molar-refractivity contribution in [1.82, 2.24) is 9.80 Å². The maximum atomic E-state index is 13.6. The van der Waals surface area contributed by atoms with Gasteiger partial charge in [0.1, 0.15) is 17.1 Å². The SMILES string of the molecule is CC(C)(C)OC(=O)N1CCN(C(=O)CCc2ccccc2Oc2ccccc2C=CC#N)C(Cc2ccccc2)C1. The molecule has 1 unspecified atom stereocenters. The van der Waals surface area contributed by atoms with E-state index >= 15 is 0 Å². The lowest BCUT2D eigenvalue weighted by molar-refractivity contribution is -0.136. The summed E-state index contributed by atoms with van der Waals surface area (Å²) < 4.78 is 11.9. The predicted octanol–water partition coefficient (Wildman–Crippen LogP) is 6.64. The van der Waals surface area contributed by atoms with Crippen molar-refractivity contribution in [2.75, 3.05) is 19.6 Å². The lowest BCUT2D eigenvalue weighted by Crippen LogP contribution is -2.57. The Balaban J connectivity index is 1.47. The minimum Gasteiger partial charge on any atom is -0.456 e. The Hall–Kier alpha value is -4.57. The average Bonchev–Trinajstić information content (AvgIpc) is 2.95. The van der Waals surface area contributed by atoms with Crippen LogP contribution in [0.15, 0.2) is 84.9 Å². The number of amides is 2. The van der Waals surface area contributed by atoms with Gasteiger partial charge in [0.25, 0.3) is 0 Å². The molecule has 7 nitrogen and oxygen atoms in total. The molecular weight excluding hydrogens is 514 g/mol. The molecule has 1 aliphatic heterocycles. The zero-order valence-corrected chi connectivity index (χ0v) is 24.0. The molecule has 1 heterocycles. The highest BCUT2D eigenvalue weighted by Gasteiger charge is 2.34. The van der Waals surface area contributed by atoms with E-state index in [0.29, 0.717) is 50.4 Å². The maximum absolute atomic E-state index is 13.6. The first-order valence-electron chi connectivity index (χ1n) is 14.0.